The molecule has 11 heteroatoms. The first kappa shape index (κ1) is 33.4. The molecular formula is C33H33ClN6O4. The Hall–Kier alpha value is -5.13. The Balaban J connectivity index is 0.000000241. The SMILES string of the molecule is [C-]#[N+]c1ccc(Oc2ccccc2CN(C)C)c(N)c1C.[C-]#[N+]c1ccc(Oc2ccccc2CN(C)C)c([N+](=O)[O-])c1Cl. The van der Waals surface area contributed by atoms with Crippen LogP contribution in [0.25, 0.3) is 9.69 Å². The Bertz CT molecular complexity index is 1730. The van der Waals surface area contributed by atoms with Gasteiger partial charge in [0.2, 0.25) is 11.4 Å². The van der Waals surface area contributed by atoms with E-state index in [1.165, 1.54) is 12.1 Å². The van der Waals surface area contributed by atoms with Crippen LogP contribution in [0, 0.1) is 30.2 Å². The van der Waals surface area contributed by atoms with Crippen LogP contribution in [-0.4, -0.2) is 42.9 Å². The van der Waals surface area contributed by atoms with Crippen molar-refractivity contribution in [1.29, 1.82) is 0 Å². The van der Waals surface area contributed by atoms with Gasteiger partial charge in [-0.1, -0.05) is 60.1 Å². The molecule has 0 aliphatic heterocycles. The zero-order valence-corrected chi connectivity index (χ0v) is 25.9. The molecule has 0 aromatic heterocycles. The fraction of sp³-hybridized carbons (Fsp3) is 0.212. The predicted molar refractivity (Wildman–Crippen MR) is 174 cm³/mol. The van der Waals surface area contributed by atoms with E-state index in [-0.39, 0.29) is 16.5 Å². The lowest BCUT2D eigenvalue weighted by molar-refractivity contribution is -0.385. The number of halogens is 1. The summed E-state index contributed by atoms with van der Waals surface area (Å²) in [5, 5.41) is 11.1. The van der Waals surface area contributed by atoms with Gasteiger partial charge < -0.3 is 25.0 Å². The Morgan fingerprint density at radius 2 is 1.23 bits per heavy atom. The minimum atomic E-state index is -0.638. The minimum absolute atomic E-state index is 0.0126. The number of nitrogens with zero attached hydrogens (tertiary/aromatic N) is 5. The summed E-state index contributed by atoms with van der Waals surface area (Å²) in [7, 11) is 7.86. The molecule has 0 unspecified atom stereocenters. The standard InChI is InChI=1S/C17H19N3O.C16H14ClN3O3/c1-12-14(19-2)9-10-16(17(12)18)21-15-8-6-5-7-13(15)11-20(3)4;1-18-12-8-9-14(16(15(12)17)20(21)22)23-13-7-5-4-6-11(13)10-19(2)3/h5-10H,11,18H2,1,3-4H3;4-9H,10H2,2-3H3. The number of nitro groups is 1. The Labute approximate surface area is 262 Å². The number of nitrogens with two attached hydrogens (primary N) is 1. The van der Waals surface area contributed by atoms with Crippen LogP contribution in [0.15, 0.2) is 72.8 Å². The third-order valence-electron chi connectivity index (χ3n) is 6.29. The molecule has 0 aliphatic carbocycles. The van der Waals surface area contributed by atoms with E-state index < -0.39 is 10.6 Å². The highest BCUT2D eigenvalue weighted by Gasteiger charge is 2.24. The first-order chi connectivity index (χ1) is 21.0. The van der Waals surface area contributed by atoms with Crippen molar-refractivity contribution in [2.75, 3.05) is 33.9 Å². The highest BCUT2D eigenvalue weighted by molar-refractivity contribution is 6.35. The summed E-state index contributed by atoms with van der Waals surface area (Å²) < 4.78 is 11.7. The van der Waals surface area contributed by atoms with E-state index in [4.69, 9.17) is 40.0 Å². The van der Waals surface area contributed by atoms with E-state index in [0.29, 0.717) is 29.4 Å². The van der Waals surface area contributed by atoms with Crippen LogP contribution in [-0.2, 0) is 13.1 Å². The largest absolute Gasteiger partial charge is 0.455 e. The van der Waals surface area contributed by atoms with Crippen LogP contribution in [0.4, 0.5) is 22.7 Å². The van der Waals surface area contributed by atoms with Gasteiger partial charge in [-0.25, -0.2) is 9.69 Å². The monoisotopic (exact) mass is 612 g/mol. The molecule has 0 bridgehead atoms. The van der Waals surface area contributed by atoms with Gasteiger partial charge in [-0.15, -0.1) is 0 Å². The molecule has 0 radical (unpaired) electrons. The van der Waals surface area contributed by atoms with Crippen LogP contribution < -0.4 is 15.2 Å². The molecule has 0 saturated heterocycles. The van der Waals surface area contributed by atoms with Gasteiger partial charge in [0.25, 0.3) is 0 Å². The lowest BCUT2D eigenvalue weighted by atomic mass is 10.1. The maximum atomic E-state index is 11.3. The minimum Gasteiger partial charge on any atom is -0.455 e. The van der Waals surface area contributed by atoms with Crippen LogP contribution in [0.1, 0.15) is 16.7 Å². The molecule has 0 fully saturated rings. The number of nitro benzene ring substituents is 1. The van der Waals surface area contributed by atoms with Gasteiger partial charge in [-0.2, -0.15) is 0 Å². The molecule has 4 aromatic carbocycles. The van der Waals surface area contributed by atoms with Gasteiger partial charge in [-0.05, 0) is 64.9 Å². The molecule has 0 saturated carbocycles. The third kappa shape index (κ3) is 8.46. The zero-order chi connectivity index (χ0) is 32.4. The summed E-state index contributed by atoms with van der Waals surface area (Å²) in [5.74, 6) is 1.90. The first-order valence-electron chi connectivity index (χ1n) is 13.4. The second-order valence-electron chi connectivity index (χ2n) is 10.2. The summed E-state index contributed by atoms with van der Waals surface area (Å²) in [5.41, 5.74) is 9.51. The number of hydrogen-bond acceptors (Lipinski definition) is 7. The van der Waals surface area contributed by atoms with Crippen LogP contribution >= 0.6 is 11.6 Å². The van der Waals surface area contributed by atoms with Crippen molar-refractivity contribution in [3.63, 3.8) is 0 Å². The summed E-state index contributed by atoms with van der Waals surface area (Å²) in [6.45, 7) is 17.3. The predicted octanol–water partition coefficient (Wildman–Crippen LogP) is 8.63. The van der Waals surface area contributed by atoms with E-state index in [9.17, 15) is 10.1 Å². The molecule has 4 aromatic rings. The highest BCUT2D eigenvalue weighted by atomic mass is 35.5. The van der Waals surface area contributed by atoms with Crippen molar-refractivity contribution in [2.45, 2.75) is 20.0 Å². The lowest BCUT2D eigenvalue weighted by Gasteiger charge is -2.16. The van der Waals surface area contributed by atoms with Crippen LogP contribution in [0.3, 0.4) is 0 Å². The average molecular weight is 613 g/mol. The topological polar surface area (TPSA) is 103 Å². The number of para-hydroxylation sites is 2. The number of ether oxygens (including phenoxy) is 2. The number of nitrogen functional groups attached to an aromatic ring is 1. The molecule has 0 atom stereocenters. The summed E-state index contributed by atoms with van der Waals surface area (Å²) >= 11 is 5.96. The maximum Gasteiger partial charge on any atom is 0.319 e. The van der Waals surface area contributed by atoms with Crippen LogP contribution in [0.5, 0.6) is 23.0 Å². The van der Waals surface area contributed by atoms with E-state index in [2.05, 4.69) is 14.6 Å². The molecule has 10 nitrogen and oxygen atoms in total. The molecule has 44 heavy (non-hydrogen) atoms. The van der Waals surface area contributed by atoms with Gasteiger partial charge >= 0.3 is 5.69 Å². The van der Waals surface area contributed by atoms with Gasteiger partial charge in [0.05, 0.1) is 23.8 Å². The van der Waals surface area contributed by atoms with Gasteiger partial charge in [0, 0.05) is 24.2 Å². The Kier molecular flexibility index (Phi) is 11.7. The normalized spacial score (nSPS) is 10.4. The van der Waals surface area contributed by atoms with Crippen molar-refractivity contribution in [3.8, 4) is 23.0 Å². The van der Waals surface area contributed by atoms with Crippen molar-refractivity contribution in [1.82, 2.24) is 9.80 Å². The molecule has 0 amide bonds. The van der Waals surface area contributed by atoms with E-state index in [1.54, 1.807) is 24.3 Å². The fourth-order valence-corrected chi connectivity index (χ4v) is 4.43. The number of benzene rings is 4. The van der Waals surface area contributed by atoms with Crippen molar-refractivity contribution in [3.05, 3.63) is 127 Å². The van der Waals surface area contributed by atoms with Crippen molar-refractivity contribution in [2.24, 2.45) is 0 Å². The molecule has 0 heterocycles. The quantitative estimate of drug-likeness (QED) is 0.0873. The van der Waals surface area contributed by atoms with E-state index >= 15 is 0 Å². The zero-order valence-electron chi connectivity index (χ0n) is 25.2. The fourth-order valence-electron chi connectivity index (χ4n) is 4.16. The Morgan fingerprint density at radius 1 is 0.773 bits per heavy atom. The highest BCUT2D eigenvalue weighted by Crippen LogP contribution is 2.43. The van der Waals surface area contributed by atoms with E-state index in [1.807, 2.05) is 76.4 Å². The second-order valence-corrected chi connectivity index (χ2v) is 10.6. The second kappa shape index (κ2) is 15.4. The Morgan fingerprint density at radius 3 is 1.70 bits per heavy atom. The average Bonchev–Trinajstić information content (AvgIpc) is 2.97. The maximum absolute atomic E-state index is 11.3. The molecular weight excluding hydrogens is 580 g/mol. The molecule has 226 valence electrons. The summed E-state index contributed by atoms with van der Waals surface area (Å²) in [4.78, 5) is 21.3. The summed E-state index contributed by atoms with van der Waals surface area (Å²) in [6, 6.07) is 21.5. The molecule has 4 rings (SSSR count). The van der Waals surface area contributed by atoms with Gasteiger partial charge in [0.15, 0.2) is 5.69 Å². The smallest absolute Gasteiger partial charge is 0.319 e. The number of hydrogen-bond donors (Lipinski definition) is 1. The van der Waals surface area contributed by atoms with Crippen molar-refractivity contribution < 1.29 is 14.4 Å². The lowest BCUT2D eigenvalue weighted by Crippen LogP contribution is -2.11. The first-order valence-corrected chi connectivity index (χ1v) is 13.8. The molecule has 0 spiro atoms. The van der Waals surface area contributed by atoms with E-state index in [0.717, 1.165) is 29.0 Å². The number of rotatable bonds is 9. The summed E-state index contributed by atoms with van der Waals surface area (Å²) in [6.07, 6.45) is 0. The number of anilines is 1. The van der Waals surface area contributed by atoms with Crippen molar-refractivity contribution >= 4 is 34.4 Å². The third-order valence-corrected chi connectivity index (χ3v) is 6.66. The molecule has 2 N–H and O–H groups in total. The van der Waals surface area contributed by atoms with Gasteiger partial charge in [-0.3, -0.25) is 10.1 Å². The van der Waals surface area contributed by atoms with Gasteiger partial charge in [0.1, 0.15) is 22.3 Å². The van der Waals surface area contributed by atoms with Crippen LogP contribution in [0.2, 0.25) is 5.02 Å². The molecule has 0 aliphatic rings.